The maximum Gasteiger partial charge on any atom is 0.227 e. The van der Waals surface area contributed by atoms with Crippen LogP contribution in [0, 0.1) is 0 Å². The first-order valence-corrected chi connectivity index (χ1v) is 7.33. The van der Waals surface area contributed by atoms with E-state index in [0.29, 0.717) is 6.42 Å². The largest absolute Gasteiger partial charge is 0.337 e. The summed E-state index contributed by atoms with van der Waals surface area (Å²) in [5, 5.41) is 7.64. The van der Waals surface area contributed by atoms with Gasteiger partial charge < -0.3 is 10.2 Å². The lowest BCUT2D eigenvalue weighted by atomic mass is 10.1. The van der Waals surface area contributed by atoms with Gasteiger partial charge in [0, 0.05) is 31.9 Å². The molecule has 1 unspecified atom stereocenters. The number of carbonyl (C=O) groups is 1. The molecule has 0 aliphatic carbocycles. The lowest BCUT2D eigenvalue weighted by Gasteiger charge is -2.34. The van der Waals surface area contributed by atoms with Crippen LogP contribution in [-0.2, 0) is 11.2 Å². The molecule has 1 atom stereocenters. The molecule has 110 valence electrons. The molecule has 1 N–H and O–H groups in total. The molecule has 1 aromatic heterocycles. The normalized spacial score (nSPS) is 18.7. The van der Waals surface area contributed by atoms with Crippen molar-refractivity contribution in [3.8, 4) is 5.69 Å². The van der Waals surface area contributed by atoms with Crippen LogP contribution >= 0.6 is 0 Å². The number of amides is 1. The van der Waals surface area contributed by atoms with Crippen molar-refractivity contribution in [2.75, 3.05) is 19.6 Å². The van der Waals surface area contributed by atoms with Gasteiger partial charge in [-0.25, -0.2) is 4.68 Å². The summed E-state index contributed by atoms with van der Waals surface area (Å²) in [6, 6.07) is 10.2. The predicted octanol–water partition coefficient (Wildman–Crippen LogP) is 1.24. The van der Waals surface area contributed by atoms with Gasteiger partial charge in [-0.05, 0) is 24.6 Å². The molecule has 0 spiro atoms. The molecule has 21 heavy (non-hydrogen) atoms. The van der Waals surface area contributed by atoms with Crippen molar-refractivity contribution in [2.45, 2.75) is 19.4 Å². The van der Waals surface area contributed by atoms with Crippen molar-refractivity contribution in [3.05, 3.63) is 48.3 Å². The Morgan fingerprint density at radius 2 is 2.19 bits per heavy atom. The number of benzene rings is 1. The monoisotopic (exact) mass is 284 g/mol. The molecular weight excluding hydrogens is 264 g/mol. The first-order chi connectivity index (χ1) is 10.2. The summed E-state index contributed by atoms with van der Waals surface area (Å²) in [6.45, 7) is 4.61. The minimum absolute atomic E-state index is 0.177. The van der Waals surface area contributed by atoms with E-state index in [-0.39, 0.29) is 11.9 Å². The summed E-state index contributed by atoms with van der Waals surface area (Å²) in [7, 11) is 0. The molecule has 1 saturated heterocycles. The number of rotatable bonds is 3. The number of para-hydroxylation sites is 1. The highest BCUT2D eigenvalue weighted by Gasteiger charge is 2.23. The Balaban J connectivity index is 1.68. The Bertz CT molecular complexity index is 608. The lowest BCUT2D eigenvalue weighted by Crippen LogP contribution is -2.52. The molecule has 0 saturated carbocycles. The van der Waals surface area contributed by atoms with Gasteiger partial charge in [-0.2, -0.15) is 5.10 Å². The summed E-state index contributed by atoms with van der Waals surface area (Å²) in [6.07, 6.45) is 4.12. The smallest absolute Gasteiger partial charge is 0.227 e. The number of aromatic nitrogens is 2. The Kier molecular flexibility index (Phi) is 4.01. The number of carbonyl (C=O) groups excluding carboxylic acids is 1. The van der Waals surface area contributed by atoms with Gasteiger partial charge in [0.2, 0.25) is 5.91 Å². The van der Waals surface area contributed by atoms with Crippen LogP contribution in [-0.4, -0.2) is 46.3 Å². The van der Waals surface area contributed by atoms with E-state index in [1.165, 1.54) is 0 Å². The van der Waals surface area contributed by atoms with Crippen molar-refractivity contribution < 1.29 is 4.79 Å². The third-order valence-electron chi connectivity index (χ3n) is 3.83. The molecule has 1 aliphatic heterocycles. The van der Waals surface area contributed by atoms with E-state index in [1.807, 2.05) is 46.1 Å². The highest BCUT2D eigenvalue weighted by atomic mass is 16.2. The maximum absolute atomic E-state index is 12.4. The van der Waals surface area contributed by atoms with Crippen LogP contribution in [0.3, 0.4) is 0 Å². The zero-order valence-corrected chi connectivity index (χ0v) is 12.2. The van der Waals surface area contributed by atoms with Crippen molar-refractivity contribution in [1.29, 1.82) is 0 Å². The van der Waals surface area contributed by atoms with Crippen molar-refractivity contribution in [2.24, 2.45) is 0 Å². The van der Waals surface area contributed by atoms with E-state index in [1.54, 1.807) is 6.20 Å². The van der Waals surface area contributed by atoms with Crippen LogP contribution in [0.2, 0.25) is 0 Å². The van der Waals surface area contributed by atoms with Crippen molar-refractivity contribution >= 4 is 5.91 Å². The van der Waals surface area contributed by atoms with Gasteiger partial charge in [-0.15, -0.1) is 0 Å². The van der Waals surface area contributed by atoms with E-state index < -0.39 is 0 Å². The van der Waals surface area contributed by atoms with E-state index in [4.69, 9.17) is 0 Å². The Labute approximate surface area is 124 Å². The zero-order chi connectivity index (χ0) is 14.7. The second-order valence-electron chi connectivity index (χ2n) is 5.45. The second kappa shape index (κ2) is 6.10. The molecule has 2 aromatic rings. The Morgan fingerprint density at radius 1 is 1.38 bits per heavy atom. The lowest BCUT2D eigenvalue weighted by molar-refractivity contribution is -0.133. The van der Waals surface area contributed by atoms with Crippen LogP contribution in [0.1, 0.15) is 12.5 Å². The molecule has 5 heteroatoms. The Hall–Kier alpha value is -2.14. The predicted molar refractivity (Wildman–Crippen MR) is 81.3 cm³/mol. The summed E-state index contributed by atoms with van der Waals surface area (Å²) < 4.78 is 1.81. The van der Waals surface area contributed by atoms with E-state index in [2.05, 4.69) is 17.3 Å². The van der Waals surface area contributed by atoms with Gasteiger partial charge in [0.25, 0.3) is 0 Å². The topological polar surface area (TPSA) is 50.2 Å². The Morgan fingerprint density at radius 3 is 2.95 bits per heavy atom. The van der Waals surface area contributed by atoms with Crippen LogP contribution in [0.5, 0.6) is 0 Å². The van der Waals surface area contributed by atoms with E-state index in [0.717, 1.165) is 30.9 Å². The first kappa shape index (κ1) is 13.8. The van der Waals surface area contributed by atoms with Crippen LogP contribution in [0.15, 0.2) is 42.7 Å². The average Bonchev–Trinajstić information content (AvgIpc) is 2.97. The van der Waals surface area contributed by atoms with Crippen LogP contribution in [0.25, 0.3) is 5.69 Å². The van der Waals surface area contributed by atoms with Crippen LogP contribution < -0.4 is 5.32 Å². The number of nitrogens with zero attached hydrogens (tertiary/aromatic N) is 3. The molecule has 1 aromatic carbocycles. The number of piperazine rings is 1. The molecule has 1 amide bonds. The fraction of sp³-hybridized carbons (Fsp3) is 0.375. The van der Waals surface area contributed by atoms with E-state index in [9.17, 15) is 4.79 Å². The minimum atomic E-state index is 0.177. The van der Waals surface area contributed by atoms with Gasteiger partial charge in [0.1, 0.15) is 0 Å². The van der Waals surface area contributed by atoms with E-state index >= 15 is 0 Å². The second-order valence-corrected chi connectivity index (χ2v) is 5.45. The fourth-order valence-corrected chi connectivity index (χ4v) is 2.66. The summed E-state index contributed by atoms with van der Waals surface area (Å²) in [4.78, 5) is 14.3. The van der Waals surface area contributed by atoms with Gasteiger partial charge in [0.05, 0.1) is 18.3 Å². The van der Waals surface area contributed by atoms with Gasteiger partial charge in [0.15, 0.2) is 0 Å². The third-order valence-corrected chi connectivity index (χ3v) is 3.83. The summed E-state index contributed by atoms with van der Waals surface area (Å²) in [5.74, 6) is 0.177. The summed E-state index contributed by atoms with van der Waals surface area (Å²) in [5.41, 5.74) is 1.96. The third kappa shape index (κ3) is 3.13. The molecule has 0 radical (unpaired) electrons. The highest BCUT2D eigenvalue weighted by molar-refractivity contribution is 5.79. The number of hydrogen-bond donors (Lipinski definition) is 1. The van der Waals surface area contributed by atoms with Gasteiger partial charge in [-0.3, -0.25) is 4.79 Å². The highest BCUT2D eigenvalue weighted by Crippen LogP contribution is 2.11. The number of nitrogens with one attached hydrogen (secondary N) is 1. The van der Waals surface area contributed by atoms with Crippen molar-refractivity contribution in [1.82, 2.24) is 20.0 Å². The molecule has 1 aliphatic rings. The van der Waals surface area contributed by atoms with Gasteiger partial charge >= 0.3 is 0 Å². The van der Waals surface area contributed by atoms with Gasteiger partial charge in [-0.1, -0.05) is 18.2 Å². The summed E-state index contributed by atoms with van der Waals surface area (Å²) >= 11 is 0. The molecular formula is C16H20N4O. The maximum atomic E-state index is 12.4. The first-order valence-electron chi connectivity index (χ1n) is 7.33. The molecule has 5 nitrogen and oxygen atoms in total. The molecule has 2 heterocycles. The van der Waals surface area contributed by atoms with Crippen molar-refractivity contribution in [3.63, 3.8) is 0 Å². The fourth-order valence-electron chi connectivity index (χ4n) is 2.66. The molecule has 3 rings (SSSR count). The molecule has 1 fully saturated rings. The zero-order valence-electron chi connectivity index (χ0n) is 12.2. The SMILES string of the molecule is CC1CNCCN1C(=O)Cc1cnn(-c2ccccc2)c1. The standard InChI is InChI=1S/C16H20N4O/c1-13-10-17-7-8-19(13)16(21)9-14-11-18-20(12-14)15-5-3-2-4-6-15/h2-6,11-13,17H,7-10H2,1H3. The quantitative estimate of drug-likeness (QED) is 0.922. The van der Waals surface area contributed by atoms with Crippen LogP contribution in [0.4, 0.5) is 0 Å². The number of hydrogen-bond acceptors (Lipinski definition) is 3. The minimum Gasteiger partial charge on any atom is -0.337 e. The average molecular weight is 284 g/mol. The molecule has 0 bridgehead atoms.